The van der Waals surface area contributed by atoms with Crippen LogP contribution in [0.5, 0.6) is 0 Å². The summed E-state index contributed by atoms with van der Waals surface area (Å²) in [5, 5.41) is 8.70. The molecule has 0 bridgehead atoms. The Morgan fingerprint density at radius 3 is 2.25 bits per heavy atom. The molecule has 5 heteroatoms. The molecule has 0 N–H and O–H groups in total. The van der Waals surface area contributed by atoms with Crippen LogP contribution in [0.25, 0.3) is 5.57 Å². The van der Waals surface area contributed by atoms with E-state index in [9.17, 15) is 18.0 Å². The average molecular weight is 277 g/mol. The van der Waals surface area contributed by atoms with E-state index in [-0.39, 0.29) is 5.57 Å². The first kappa shape index (κ1) is 14.1. The summed E-state index contributed by atoms with van der Waals surface area (Å²) in [7, 11) is 0. The van der Waals surface area contributed by atoms with Gasteiger partial charge in [0.25, 0.3) is 0 Å². The molecule has 20 heavy (non-hydrogen) atoms. The SMILES string of the molecule is CC1=CC(=O)[C@H](C(F)(F)F)C(c2ccc(C#N)cc2)=C1. The van der Waals surface area contributed by atoms with Gasteiger partial charge in [-0.15, -0.1) is 0 Å². The van der Waals surface area contributed by atoms with Crippen molar-refractivity contribution in [2.75, 3.05) is 0 Å². The predicted octanol–water partition coefficient (Wildman–Crippen LogP) is 3.65. The number of carbonyl (C=O) groups is 1. The molecule has 2 rings (SSSR count). The molecule has 2 nitrogen and oxygen atoms in total. The highest BCUT2D eigenvalue weighted by atomic mass is 19.4. The molecule has 0 heterocycles. The third kappa shape index (κ3) is 2.64. The summed E-state index contributed by atoms with van der Waals surface area (Å²) < 4.78 is 39.2. The largest absolute Gasteiger partial charge is 0.402 e. The molecule has 0 radical (unpaired) electrons. The maximum absolute atomic E-state index is 13.1. The van der Waals surface area contributed by atoms with Crippen molar-refractivity contribution in [2.45, 2.75) is 13.1 Å². The lowest BCUT2D eigenvalue weighted by molar-refractivity contribution is -0.166. The van der Waals surface area contributed by atoms with Gasteiger partial charge in [-0.3, -0.25) is 4.79 Å². The van der Waals surface area contributed by atoms with Crippen LogP contribution in [-0.4, -0.2) is 12.0 Å². The van der Waals surface area contributed by atoms with E-state index in [1.54, 1.807) is 6.92 Å². The van der Waals surface area contributed by atoms with Gasteiger partial charge in [-0.05, 0) is 41.8 Å². The van der Waals surface area contributed by atoms with Crippen molar-refractivity contribution >= 4 is 11.4 Å². The van der Waals surface area contributed by atoms with Crippen molar-refractivity contribution in [3.05, 3.63) is 53.1 Å². The number of carbonyl (C=O) groups excluding carboxylic acids is 1. The number of nitrogens with zero attached hydrogens (tertiary/aromatic N) is 1. The summed E-state index contributed by atoms with van der Waals surface area (Å²) in [6.07, 6.45) is -2.26. The third-order valence-corrected chi connectivity index (χ3v) is 3.02. The van der Waals surface area contributed by atoms with Crippen LogP contribution >= 0.6 is 0 Å². The van der Waals surface area contributed by atoms with Gasteiger partial charge in [0, 0.05) is 0 Å². The van der Waals surface area contributed by atoms with E-state index in [0.717, 1.165) is 6.08 Å². The smallest absolute Gasteiger partial charge is 0.294 e. The van der Waals surface area contributed by atoms with Gasteiger partial charge in [0.15, 0.2) is 5.78 Å². The molecule has 0 unspecified atom stereocenters. The Hall–Kier alpha value is -2.35. The molecule has 0 aliphatic heterocycles. The number of benzene rings is 1. The second-order valence-electron chi connectivity index (χ2n) is 4.55. The number of halogens is 3. The van der Waals surface area contributed by atoms with Gasteiger partial charge in [0.2, 0.25) is 0 Å². The predicted molar refractivity (Wildman–Crippen MR) is 67.4 cm³/mol. The Kier molecular flexibility index (Phi) is 3.49. The van der Waals surface area contributed by atoms with Crippen molar-refractivity contribution in [3.8, 4) is 6.07 Å². The number of hydrogen-bond donors (Lipinski definition) is 0. The zero-order valence-corrected chi connectivity index (χ0v) is 10.5. The van der Waals surface area contributed by atoms with Crippen molar-refractivity contribution in [2.24, 2.45) is 5.92 Å². The Bertz CT molecular complexity index is 645. The van der Waals surface area contributed by atoms with Gasteiger partial charge in [0.05, 0.1) is 11.6 Å². The minimum Gasteiger partial charge on any atom is -0.294 e. The first-order valence-corrected chi connectivity index (χ1v) is 5.84. The molecule has 0 aromatic heterocycles. The maximum atomic E-state index is 13.1. The Labute approximate surface area is 113 Å². The number of hydrogen-bond acceptors (Lipinski definition) is 2. The fraction of sp³-hybridized carbons (Fsp3) is 0.200. The molecule has 1 atom stereocenters. The van der Waals surface area contributed by atoms with Gasteiger partial charge in [-0.1, -0.05) is 18.2 Å². The van der Waals surface area contributed by atoms with Gasteiger partial charge in [-0.25, -0.2) is 0 Å². The molecule has 0 amide bonds. The highest BCUT2D eigenvalue weighted by Gasteiger charge is 2.47. The number of nitriles is 1. The molecule has 0 saturated carbocycles. The summed E-state index contributed by atoms with van der Waals surface area (Å²) in [5.74, 6) is -3.10. The summed E-state index contributed by atoms with van der Waals surface area (Å²) in [5.41, 5.74) is 1.06. The molecule has 1 aromatic carbocycles. The summed E-state index contributed by atoms with van der Waals surface area (Å²) in [6, 6.07) is 7.61. The molecule has 0 saturated heterocycles. The Morgan fingerprint density at radius 1 is 1.15 bits per heavy atom. The van der Waals surface area contributed by atoms with Crippen LogP contribution in [0.3, 0.4) is 0 Å². The average Bonchev–Trinajstić information content (AvgIpc) is 2.36. The lowest BCUT2D eigenvalue weighted by atomic mass is 9.83. The van der Waals surface area contributed by atoms with Crippen molar-refractivity contribution in [1.82, 2.24) is 0 Å². The fourth-order valence-electron chi connectivity index (χ4n) is 2.16. The van der Waals surface area contributed by atoms with Crippen molar-refractivity contribution in [1.29, 1.82) is 5.26 Å². The van der Waals surface area contributed by atoms with E-state index in [4.69, 9.17) is 5.26 Å². The van der Waals surface area contributed by atoms with Gasteiger partial charge in [0.1, 0.15) is 5.92 Å². The lowest BCUT2D eigenvalue weighted by Crippen LogP contribution is -2.32. The highest BCUT2D eigenvalue weighted by Crippen LogP contribution is 2.40. The normalized spacial score (nSPS) is 19.1. The van der Waals surface area contributed by atoms with E-state index in [1.807, 2.05) is 6.07 Å². The quantitative estimate of drug-likeness (QED) is 0.786. The number of allylic oxidation sites excluding steroid dienone is 4. The summed E-state index contributed by atoms with van der Waals surface area (Å²) in [4.78, 5) is 11.7. The number of rotatable bonds is 1. The second kappa shape index (κ2) is 4.97. The van der Waals surface area contributed by atoms with E-state index in [2.05, 4.69) is 0 Å². The van der Waals surface area contributed by atoms with Crippen LogP contribution in [0.2, 0.25) is 0 Å². The van der Waals surface area contributed by atoms with E-state index >= 15 is 0 Å². The van der Waals surface area contributed by atoms with Gasteiger partial charge < -0.3 is 0 Å². The second-order valence-corrected chi connectivity index (χ2v) is 4.55. The molecule has 1 aromatic rings. The lowest BCUT2D eigenvalue weighted by Gasteiger charge is -2.24. The molecule has 1 aliphatic rings. The zero-order chi connectivity index (χ0) is 14.9. The van der Waals surface area contributed by atoms with Crippen molar-refractivity contribution in [3.63, 3.8) is 0 Å². The maximum Gasteiger partial charge on any atom is 0.402 e. The molecular formula is C15H10F3NO. The number of ketones is 1. The first-order chi connectivity index (χ1) is 9.32. The molecule has 1 aliphatic carbocycles. The minimum atomic E-state index is -4.63. The summed E-state index contributed by atoms with van der Waals surface area (Å²) in [6.45, 7) is 1.58. The molecular weight excluding hydrogens is 267 g/mol. The van der Waals surface area contributed by atoms with E-state index in [0.29, 0.717) is 16.7 Å². The van der Waals surface area contributed by atoms with Crippen LogP contribution in [0.4, 0.5) is 13.2 Å². The summed E-state index contributed by atoms with van der Waals surface area (Å²) >= 11 is 0. The first-order valence-electron chi connectivity index (χ1n) is 5.84. The topological polar surface area (TPSA) is 40.9 Å². The van der Waals surface area contributed by atoms with Crippen LogP contribution < -0.4 is 0 Å². The fourth-order valence-corrected chi connectivity index (χ4v) is 2.16. The van der Waals surface area contributed by atoms with Crippen LogP contribution in [-0.2, 0) is 4.79 Å². The number of alkyl halides is 3. The minimum absolute atomic E-state index is 0.0769. The standard InChI is InChI=1S/C15H10F3NO/c1-9-6-12(11-4-2-10(8-19)3-5-11)14(13(20)7-9)15(16,17)18/h2-7,14H,1H3/t14-/m1/s1. The van der Waals surface area contributed by atoms with Crippen molar-refractivity contribution < 1.29 is 18.0 Å². The highest BCUT2D eigenvalue weighted by molar-refractivity contribution is 6.04. The van der Waals surface area contributed by atoms with Crippen LogP contribution in [0.1, 0.15) is 18.1 Å². The van der Waals surface area contributed by atoms with Crippen LogP contribution in [0.15, 0.2) is 42.0 Å². The molecule has 0 spiro atoms. The Balaban J connectivity index is 2.52. The van der Waals surface area contributed by atoms with Gasteiger partial charge in [-0.2, -0.15) is 18.4 Å². The van der Waals surface area contributed by atoms with Gasteiger partial charge >= 0.3 is 6.18 Å². The molecule has 0 fully saturated rings. The van der Waals surface area contributed by atoms with E-state index < -0.39 is 17.9 Å². The zero-order valence-electron chi connectivity index (χ0n) is 10.5. The monoisotopic (exact) mass is 277 g/mol. The third-order valence-electron chi connectivity index (χ3n) is 3.02. The molecule has 102 valence electrons. The Morgan fingerprint density at radius 2 is 1.75 bits per heavy atom. The van der Waals surface area contributed by atoms with Crippen LogP contribution in [0, 0.1) is 17.2 Å². The van der Waals surface area contributed by atoms with E-state index in [1.165, 1.54) is 30.3 Å².